The molecule has 4 aromatic rings. The summed E-state index contributed by atoms with van der Waals surface area (Å²) in [6, 6.07) is 28.6. The van der Waals surface area contributed by atoms with Crippen LogP contribution in [0.15, 0.2) is 115 Å². The first-order valence-corrected chi connectivity index (χ1v) is 19.4. The molecule has 0 saturated carbocycles. The number of amides is 3. The maximum absolute atomic E-state index is 14.3. The molecule has 294 valence electrons. The number of ketones is 1. The van der Waals surface area contributed by atoms with Gasteiger partial charge in [0.05, 0.1) is 6.42 Å². The molecule has 56 heavy (non-hydrogen) atoms. The van der Waals surface area contributed by atoms with E-state index in [1.165, 1.54) is 6.07 Å². The summed E-state index contributed by atoms with van der Waals surface area (Å²) in [6.07, 6.45) is -1.78. The van der Waals surface area contributed by atoms with E-state index in [-0.39, 0.29) is 24.4 Å². The largest absolute Gasteiger partial charge is 0.481 e. The SMILES string of the molecule is CC(C)CC(C(=O)NC(CC(=O)O)C(=O)COP(=O)(c1ccccc1)c1ccccc1)C(=O)NC(CCC(=O)O)C(=O)Nc1cccc(Oc2ccccc2)c1. The summed E-state index contributed by atoms with van der Waals surface area (Å²) in [5, 5.41) is 27.1. The fourth-order valence-electron chi connectivity index (χ4n) is 5.60. The first kappa shape index (κ1) is 42.6. The van der Waals surface area contributed by atoms with E-state index >= 15 is 0 Å². The van der Waals surface area contributed by atoms with E-state index in [0.717, 1.165) is 0 Å². The maximum atomic E-state index is 14.3. The number of Topliss-reactive ketones (excluding diaryl/α,β-unsaturated/α-hetero) is 1. The van der Waals surface area contributed by atoms with Crippen molar-refractivity contribution in [1.82, 2.24) is 10.6 Å². The summed E-state index contributed by atoms with van der Waals surface area (Å²) < 4.78 is 25.9. The minimum Gasteiger partial charge on any atom is -0.481 e. The summed E-state index contributed by atoms with van der Waals surface area (Å²) in [4.78, 5) is 77.8. The fourth-order valence-corrected chi connectivity index (χ4v) is 7.63. The molecule has 5 N–H and O–H groups in total. The molecule has 3 atom stereocenters. The number of nitrogens with one attached hydrogen (secondary N) is 3. The number of para-hydroxylation sites is 1. The predicted octanol–water partition coefficient (Wildman–Crippen LogP) is 4.90. The number of carboxylic acids is 2. The van der Waals surface area contributed by atoms with E-state index in [4.69, 9.17) is 9.26 Å². The van der Waals surface area contributed by atoms with E-state index in [9.17, 15) is 43.5 Å². The Morgan fingerprint density at radius 1 is 0.661 bits per heavy atom. The highest BCUT2D eigenvalue weighted by molar-refractivity contribution is 7.74. The number of carboxylic acid groups (broad SMARTS) is 2. The lowest BCUT2D eigenvalue weighted by atomic mass is 9.94. The Morgan fingerprint density at radius 2 is 1.20 bits per heavy atom. The van der Waals surface area contributed by atoms with Gasteiger partial charge in [0.25, 0.3) is 7.37 Å². The summed E-state index contributed by atoms with van der Waals surface area (Å²) in [6.45, 7) is 2.62. The third kappa shape index (κ3) is 12.7. The maximum Gasteiger partial charge on any atom is 0.305 e. The van der Waals surface area contributed by atoms with Crippen LogP contribution >= 0.6 is 7.37 Å². The van der Waals surface area contributed by atoms with Crippen LogP contribution in [0.2, 0.25) is 0 Å². The van der Waals surface area contributed by atoms with E-state index in [1.54, 1.807) is 117 Å². The van der Waals surface area contributed by atoms with Crippen LogP contribution in [-0.4, -0.2) is 64.3 Å². The minimum absolute atomic E-state index is 0.0779. The van der Waals surface area contributed by atoms with Gasteiger partial charge in [-0.2, -0.15) is 0 Å². The van der Waals surface area contributed by atoms with Gasteiger partial charge >= 0.3 is 11.9 Å². The van der Waals surface area contributed by atoms with Gasteiger partial charge in [0.2, 0.25) is 17.7 Å². The normalized spacial score (nSPS) is 12.8. The highest BCUT2D eigenvalue weighted by Gasteiger charge is 2.36. The van der Waals surface area contributed by atoms with Crippen LogP contribution in [0, 0.1) is 11.8 Å². The lowest BCUT2D eigenvalue weighted by molar-refractivity contribution is -0.143. The zero-order valence-electron chi connectivity index (χ0n) is 30.8. The number of hydrogen-bond donors (Lipinski definition) is 5. The molecule has 0 aliphatic heterocycles. The number of ether oxygens (including phenoxy) is 1. The van der Waals surface area contributed by atoms with Crippen molar-refractivity contribution in [3.8, 4) is 11.5 Å². The lowest BCUT2D eigenvalue weighted by Gasteiger charge is -2.25. The fraction of sp³-hybridized carbons (Fsp3) is 0.268. The molecule has 0 fully saturated rings. The lowest BCUT2D eigenvalue weighted by Crippen LogP contribution is -2.52. The molecule has 0 heterocycles. The zero-order chi connectivity index (χ0) is 40.7. The molecule has 0 saturated heterocycles. The summed E-state index contributed by atoms with van der Waals surface area (Å²) in [5.74, 6) is -7.14. The molecule has 4 rings (SSSR count). The van der Waals surface area contributed by atoms with Gasteiger partial charge in [0.15, 0.2) is 5.78 Å². The van der Waals surface area contributed by atoms with Gasteiger partial charge in [-0.05, 0) is 67.3 Å². The predicted molar refractivity (Wildman–Crippen MR) is 208 cm³/mol. The minimum atomic E-state index is -3.86. The molecule has 0 aromatic heterocycles. The van der Waals surface area contributed by atoms with Crippen molar-refractivity contribution in [1.29, 1.82) is 0 Å². The molecule has 3 amide bonds. The van der Waals surface area contributed by atoms with Gasteiger partial charge in [-0.1, -0.05) is 74.5 Å². The third-order valence-corrected chi connectivity index (χ3v) is 10.8. The van der Waals surface area contributed by atoms with Crippen molar-refractivity contribution in [2.75, 3.05) is 11.9 Å². The number of hydrogen-bond acceptors (Lipinski definition) is 9. The van der Waals surface area contributed by atoms with E-state index in [1.807, 2.05) is 6.07 Å². The third-order valence-electron chi connectivity index (χ3n) is 8.37. The van der Waals surface area contributed by atoms with Gasteiger partial charge in [0.1, 0.15) is 36.1 Å². The van der Waals surface area contributed by atoms with Crippen molar-refractivity contribution < 1.29 is 52.8 Å². The molecule has 4 aromatic carbocycles. The summed E-state index contributed by atoms with van der Waals surface area (Å²) >= 11 is 0. The summed E-state index contributed by atoms with van der Waals surface area (Å²) in [5.41, 5.74) is 0.288. The number of carbonyl (C=O) groups is 6. The van der Waals surface area contributed by atoms with Crippen LogP contribution in [0.25, 0.3) is 0 Å². The molecule has 0 spiro atoms. The molecule has 14 nitrogen and oxygen atoms in total. The molecule has 0 bridgehead atoms. The van der Waals surface area contributed by atoms with Crippen LogP contribution in [0.4, 0.5) is 5.69 Å². The first-order valence-electron chi connectivity index (χ1n) is 17.8. The Morgan fingerprint density at radius 3 is 1.73 bits per heavy atom. The second kappa shape index (κ2) is 20.5. The quantitative estimate of drug-likeness (QED) is 0.0566. The molecule has 0 aliphatic carbocycles. The Kier molecular flexibility index (Phi) is 15.6. The average molecular weight is 786 g/mol. The van der Waals surface area contributed by atoms with Crippen LogP contribution in [0.5, 0.6) is 11.5 Å². The zero-order valence-corrected chi connectivity index (χ0v) is 31.7. The van der Waals surface area contributed by atoms with Crippen LogP contribution in [0.3, 0.4) is 0 Å². The van der Waals surface area contributed by atoms with Crippen molar-refractivity contribution >= 4 is 59.1 Å². The van der Waals surface area contributed by atoms with Gasteiger partial charge in [0, 0.05) is 28.8 Å². The molecule has 15 heteroatoms. The summed E-state index contributed by atoms with van der Waals surface area (Å²) in [7, 11) is -3.86. The number of benzene rings is 4. The standard InChI is InChI=1S/C41H44N3O11P/c1-27(2)23-33(39(50)43-34(21-22-37(46)47)41(52)42-28-13-12-16-30(24-28)55-29-14-6-3-7-15-29)40(51)44-35(25-38(48)49)36(45)26-54-56(53,31-17-8-4-9-18-31)32-19-10-5-11-20-32/h3-20,24,27,33-35H,21-23,25-26H2,1-2H3,(H,42,52)(H,43,50)(H,44,51)(H,46,47)(H,48,49). The topological polar surface area (TPSA) is 214 Å². The second-order valence-electron chi connectivity index (χ2n) is 13.2. The van der Waals surface area contributed by atoms with E-state index in [2.05, 4.69) is 16.0 Å². The van der Waals surface area contributed by atoms with Crippen molar-refractivity contribution in [3.63, 3.8) is 0 Å². The highest BCUT2D eigenvalue weighted by Crippen LogP contribution is 2.44. The first-order chi connectivity index (χ1) is 26.7. The molecular formula is C41H44N3O11P. The monoisotopic (exact) mass is 785 g/mol. The van der Waals surface area contributed by atoms with Crippen molar-refractivity contribution in [2.45, 2.75) is 51.6 Å². The number of anilines is 1. The van der Waals surface area contributed by atoms with Gasteiger partial charge in [-0.25, -0.2) is 0 Å². The smallest absolute Gasteiger partial charge is 0.305 e. The Hall–Kier alpha value is -6.11. The van der Waals surface area contributed by atoms with E-state index in [0.29, 0.717) is 22.1 Å². The van der Waals surface area contributed by atoms with Gasteiger partial charge in [-0.15, -0.1) is 0 Å². The van der Waals surface area contributed by atoms with Crippen LogP contribution in [0.1, 0.15) is 39.5 Å². The number of rotatable bonds is 21. The number of carbonyl (C=O) groups excluding carboxylic acids is 4. The van der Waals surface area contributed by atoms with Gasteiger partial charge in [-0.3, -0.25) is 33.3 Å². The van der Waals surface area contributed by atoms with Gasteiger partial charge < -0.3 is 35.4 Å². The molecule has 0 aliphatic rings. The van der Waals surface area contributed by atoms with Crippen molar-refractivity contribution in [3.05, 3.63) is 115 Å². The van der Waals surface area contributed by atoms with Crippen molar-refractivity contribution in [2.24, 2.45) is 11.8 Å². The molecule has 0 radical (unpaired) electrons. The molecular weight excluding hydrogens is 741 g/mol. The van der Waals surface area contributed by atoms with Crippen LogP contribution in [-0.2, 0) is 37.9 Å². The second-order valence-corrected chi connectivity index (χ2v) is 15.6. The van der Waals surface area contributed by atoms with Crippen LogP contribution < -0.4 is 31.3 Å². The van der Waals surface area contributed by atoms with E-state index < -0.39 is 80.3 Å². The Balaban J connectivity index is 1.50. The Bertz CT molecular complexity index is 1980. The molecule has 3 unspecified atom stereocenters. The average Bonchev–Trinajstić information content (AvgIpc) is 3.18. The highest BCUT2D eigenvalue weighted by atomic mass is 31.2. The number of aliphatic carboxylic acids is 2. The Labute approximate surface area is 324 Å².